The summed E-state index contributed by atoms with van der Waals surface area (Å²) in [7, 11) is 0. The topological polar surface area (TPSA) is 85.2 Å². The van der Waals surface area contributed by atoms with E-state index in [4.69, 9.17) is 13.6 Å². The van der Waals surface area contributed by atoms with Gasteiger partial charge in [-0.1, -0.05) is 19.4 Å². The molecule has 0 bridgehead atoms. The second kappa shape index (κ2) is 9.07. The van der Waals surface area contributed by atoms with Crippen molar-refractivity contribution >= 4 is 33.9 Å². The molecule has 8 heteroatoms. The summed E-state index contributed by atoms with van der Waals surface area (Å²) >= 11 is 1.58. The number of ether oxygens (including phenoxy) is 1. The van der Waals surface area contributed by atoms with Gasteiger partial charge in [0.25, 0.3) is 5.91 Å². The highest BCUT2D eigenvalue weighted by atomic mass is 32.1. The molecule has 1 atom stereocenters. The van der Waals surface area contributed by atoms with Gasteiger partial charge < -0.3 is 13.6 Å². The van der Waals surface area contributed by atoms with Gasteiger partial charge in [-0.05, 0) is 47.7 Å². The molecule has 1 amide bonds. The van der Waals surface area contributed by atoms with Gasteiger partial charge in [-0.2, -0.15) is 5.10 Å². The summed E-state index contributed by atoms with van der Waals surface area (Å²) in [4.78, 5) is 26.0. The predicted molar refractivity (Wildman–Crippen MR) is 126 cm³/mol. The Labute approximate surface area is 193 Å². The number of hydrogen-bond acceptors (Lipinski definition) is 7. The van der Waals surface area contributed by atoms with Crippen LogP contribution in [-0.4, -0.2) is 23.2 Å². The van der Waals surface area contributed by atoms with Gasteiger partial charge in [0.15, 0.2) is 6.61 Å². The van der Waals surface area contributed by atoms with Gasteiger partial charge in [-0.25, -0.2) is 9.80 Å². The Kier molecular flexibility index (Phi) is 5.83. The highest BCUT2D eigenvalue weighted by molar-refractivity contribution is 7.12. The molecule has 3 aromatic heterocycles. The van der Waals surface area contributed by atoms with E-state index < -0.39 is 5.63 Å². The van der Waals surface area contributed by atoms with E-state index in [1.54, 1.807) is 35.8 Å². The van der Waals surface area contributed by atoms with E-state index in [0.717, 1.165) is 34.4 Å². The Morgan fingerprint density at radius 1 is 1.24 bits per heavy atom. The molecule has 0 N–H and O–H groups in total. The largest absolute Gasteiger partial charge is 0.484 e. The first kappa shape index (κ1) is 21.2. The van der Waals surface area contributed by atoms with Crippen LogP contribution in [0.4, 0.5) is 0 Å². The lowest BCUT2D eigenvalue weighted by Crippen LogP contribution is -2.31. The second-order valence-corrected chi connectivity index (χ2v) is 8.73. The molecule has 168 valence electrons. The van der Waals surface area contributed by atoms with Gasteiger partial charge in [0.2, 0.25) is 0 Å². The Morgan fingerprint density at radius 3 is 2.91 bits per heavy atom. The molecule has 0 spiro atoms. The normalized spacial score (nSPS) is 15.7. The van der Waals surface area contributed by atoms with Crippen molar-refractivity contribution in [3.05, 3.63) is 86.8 Å². The van der Waals surface area contributed by atoms with Crippen molar-refractivity contribution in [2.24, 2.45) is 5.10 Å². The zero-order chi connectivity index (χ0) is 22.8. The van der Waals surface area contributed by atoms with E-state index in [-0.39, 0.29) is 18.6 Å². The molecule has 1 aliphatic rings. The van der Waals surface area contributed by atoms with Crippen molar-refractivity contribution < 1.29 is 18.4 Å². The maximum atomic E-state index is 13.1. The monoisotopic (exact) mass is 462 g/mol. The third-order valence-electron chi connectivity index (χ3n) is 5.53. The van der Waals surface area contributed by atoms with E-state index >= 15 is 0 Å². The molecule has 33 heavy (non-hydrogen) atoms. The molecule has 1 aliphatic heterocycles. The van der Waals surface area contributed by atoms with Gasteiger partial charge >= 0.3 is 5.63 Å². The van der Waals surface area contributed by atoms with Gasteiger partial charge in [0.05, 0.1) is 16.9 Å². The maximum Gasteiger partial charge on any atom is 0.336 e. The van der Waals surface area contributed by atoms with Crippen LogP contribution in [0.5, 0.6) is 5.75 Å². The standard InChI is InChI=1S/C25H22N2O5S/c1-2-5-16-12-25(29)32-22-13-17(8-9-18(16)22)31-15-24(28)27-20(21-6-3-10-30-21)14-19(26-27)23-7-4-11-33-23/h3-4,6-13,20H,2,5,14-15H2,1H3. The molecular weight excluding hydrogens is 440 g/mol. The SMILES string of the molecule is CCCc1cc(=O)oc2cc(OCC(=O)N3N=C(c4cccs4)CC3c3ccco3)ccc12. The van der Waals surface area contributed by atoms with Crippen LogP contribution < -0.4 is 10.4 Å². The fourth-order valence-corrected chi connectivity index (χ4v) is 4.74. The van der Waals surface area contributed by atoms with Crippen molar-refractivity contribution in [2.75, 3.05) is 6.61 Å². The van der Waals surface area contributed by atoms with Crippen LogP contribution >= 0.6 is 11.3 Å². The number of rotatable bonds is 7. The third kappa shape index (κ3) is 4.34. The summed E-state index contributed by atoms with van der Waals surface area (Å²) in [6.07, 6.45) is 3.87. The smallest absolute Gasteiger partial charge is 0.336 e. The van der Waals surface area contributed by atoms with E-state index in [0.29, 0.717) is 23.5 Å². The summed E-state index contributed by atoms with van der Waals surface area (Å²) in [5.41, 5.74) is 1.84. The average molecular weight is 463 g/mol. The third-order valence-corrected chi connectivity index (χ3v) is 6.45. The number of benzene rings is 1. The first-order valence-corrected chi connectivity index (χ1v) is 11.7. The zero-order valence-electron chi connectivity index (χ0n) is 18.0. The summed E-state index contributed by atoms with van der Waals surface area (Å²) in [5, 5.41) is 8.88. The summed E-state index contributed by atoms with van der Waals surface area (Å²) in [5.74, 6) is 0.836. The van der Waals surface area contributed by atoms with Crippen LogP contribution in [0.25, 0.3) is 11.0 Å². The molecule has 1 aromatic carbocycles. The summed E-state index contributed by atoms with van der Waals surface area (Å²) < 4.78 is 16.7. The van der Waals surface area contributed by atoms with Crippen LogP contribution in [0, 0.1) is 0 Å². The zero-order valence-corrected chi connectivity index (χ0v) is 18.8. The van der Waals surface area contributed by atoms with Gasteiger partial charge in [-0.15, -0.1) is 11.3 Å². The molecular formula is C25H22N2O5S. The Balaban J connectivity index is 1.36. The first-order chi connectivity index (χ1) is 16.1. The number of carbonyl (C=O) groups excluding carboxylic acids is 1. The van der Waals surface area contributed by atoms with E-state index in [2.05, 4.69) is 12.0 Å². The van der Waals surface area contributed by atoms with Gasteiger partial charge in [0.1, 0.15) is 23.1 Å². The minimum absolute atomic E-state index is 0.206. The Morgan fingerprint density at radius 2 is 2.15 bits per heavy atom. The minimum atomic E-state index is -0.395. The number of hydrazone groups is 1. The maximum absolute atomic E-state index is 13.1. The van der Waals surface area contributed by atoms with Crippen LogP contribution in [0.15, 0.2) is 78.9 Å². The van der Waals surface area contributed by atoms with Crippen LogP contribution in [0.1, 0.15) is 42.0 Å². The number of fused-ring (bicyclic) bond motifs is 1. The molecule has 4 heterocycles. The average Bonchev–Trinajstić information content (AvgIpc) is 3.58. The predicted octanol–water partition coefficient (Wildman–Crippen LogP) is 5.16. The highest BCUT2D eigenvalue weighted by Gasteiger charge is 2.35. The van der Waals surface area contributed by atoms with Crippen molar-refractivity contribution in [2.45, 2.75) is 32.2 Å². The fraction of sp³-hybridized carbons (Fsp3) is 0.240. The number of hydrogen-bond donors (Lipinski definition) is 0. The van der Waals surface area contributed by atoms with E-state index in [9.17, 15) is 9.59 Å². The van der Waals surface area contributed by atoms with Crippen molar-refractivity contribution in [3.63, 3.8) is 0 Å². The lowest BCUT2D eigenvalue weighted by atomic mass is 10.1. The molecule has 0 aliphatic carbocycles. The van der Waals surface area contributed by atoms with E-state index in [1.165, 1.54) is 11.1 Å². The number of carbonyl (C=O) groups is 1. The molecule has 5 rings (SSSR count). The van der Waals surface area contributed by atoms with Crippen LogP contribution in [0.2, 0.25) is 0 Å². The lowest BCUT2D eigenvalue weighted by Gasteiger charge is -2.20. The van der Waals surface area contributed by atoms with Crippen molar-refractivity contribution in [3.8, 4) is 5.75 Å². The number of amides is 1. The van der Waals surface area contributed by atoms with E-state index in [1.807, 2.05) is 29.6 Å². The van der Waals surface area contributed by atoms with Gasteiger partial charge in [-0.3, -0.25) is 4.79 Å². The first-order valence-electron chi connectivity index (χ1n) is 10.8. The molecule has 7 nitrogen and oxygen atoms in total. The summed E-state index contributed by atoms with van der Waals surface area (Å²) in [6, 6.07) is 14.1. The van der Waals surface area contributed by atoms with Gasteiger partial charge in [0, 0.05) is 23.9 Å². The van der Waals surface area contributed by atoms with Crippen LogP contribution in [-0.2, 0) is 11.2 Å². The van der Waals surface area contributed by atoms with Crippen LogP contribution in [0.3, 0.4) is 0 Å². The van der Waals surface area contributed by atoms with Crippen molar-refractivity contribution in [1.29, 1.82) is 0 Å². The quantitative estimate of drug-likeness (QED) is 0.354. The number of aryl methyl sites for hydroxylation is 1. The van der Waals surface area contributed by atoms with Crippen molar-refractivity contribution in [1.82, 2.24) is 5.01 Å². The number of thiophene rings is 1. The Hall–Kier alpha value is -3.65. The second-order valence-electron chi connectivity index (χ2n) is 7.78. The molecule has 0 saturated heterocycles. The highest BCUT2D eigenvalue weighted by Crippen LogP contribution is 2.34. The molecule has 4 aromatic rings. The fourth-order valence-electron chi connectivity index (χ4n) is 4.02. The molecule has 1 unspecified atom stereocenters. The number of nitrogens with zero attached hydrogens (tertiary/aromatic N) is 2. The lowest BCUT2D eigenvalue weighted by molar-refractivity contribution is -0.135. The number of furan rings is 1. The summed E-state index contributed by atoms with van der Waals surface area (Å²) in [6.45, 7) is 1.85. The minimum Gasteiger partial charge on any atom is -0.484 e. The Bertz CT molecular complexity index is 1360. The molecule has 0 radical (unpaired) electrons. The molecule has 0 saturated carbocycles. The molecule has 0 fully saturated rings.